The number of nitrogens with one attached hydrogen (secondary N) is 2. The molecular weight excluding hydrogens is 344 g/mol. The highest BCUT2D eigenvalue weighted by Crippen LogP contribution is 2.05. The molecule has 0 bridgehead atoms. The maximum absolute atomic E-state index is 12.1. The molecule has 11 heteroatoms. The minimum Gasteiger partial charge on any atom is -0.461 e. The number of nitrogens with two attached hydrogens (primary N) is 2. The molecule has 0 fully saturated rings. The van der Waals surface area contributed by atoms with Gasteiger partial charge in [-0.2, -0.15) is 4.79 Å². The highest BCUT2D eigenvalue weighted by atomic mass is 16.5. The van der Waals surface area contributed by atoms with Crippen LogP contribution >= 0.6 is 0 Å². The van der Waals surface area contributed by atoms with Gasteiger partial charge in [0.15, 0.2) is 0 Å². The normalized spacial score (nSPS) is 12.5. The SMILES string of the molecule is CC(C)OC(=O)C(CCC(=O)C=[N+]=[N-])NC(=O)C(N)CCCNC(N)=O. The lowest BCUT2D eigenvalue weighted by Crippen LogP contribution is -2.49. The van der Waals surface area contributed by atoms with E-state index in [1.807, 2.05) is 0 Å². The van der Waals surface area contributed by atoms with Gasteiger partial charge in [-0.15, -0.1) is 0 Å². The number of primary amides is 1. The van der Waals surface area contributed by atoms with Crippen molar-refractivity contribution in [2.24, 2.45) is 11.5 Å². The number of ether oxygens (including phenoxy) is 1. The van der Waals surface area contributed by atoms with Gasteiger partial charge in [0.1, 0.15) is 6.04 Å². The zero-order valence-corrected chi connectivity index (χ0v) is 14.9. The summed E-state index contributed by atoms with van der Waals surface area (Å²) in [5, 5.41) is 4.83. The summed E-state index contributed by atoms with van der Waals surface area (Å²) in [4.78, 5) is 48.8. The van der Waals surface area contributed by atoms with Crippen LogP contribution in [0.3, 0.4) is 0 Å². The molecule has 0 aromatic heterocycles. The third kappa shape index (κ3) is 10.9. The fourth-order valence-corrected chi connectivity index (χ4v) is 1.92. The second-order valence-electron chi connectivity index (χ2n) is 5.84. The van der Waals surface area contributed by atoms with Crippen molar-refractivity contribution in [3.8, 4) is 0 Å². The second-order valence-corrected chi connectivity index (χ2v) is 5.84. The topological polar surface area (TPSA) is 190 Å². The van der Waals surface area contributed by atoms with Crippen LogP contribution in [-0.4, -0.2) is 59.4 Å². The quantitative estimate of drug-likeness (QED) is 0.110. The average Bonchev–Trinajstić information content (AvgIpc) is 2.54. The molecule has 2 atom stereocenters. The summed E-state index contributed by atoms with van der Waals surface area (Å²) in [5.41, 5.74) is 19.0. The van der Waals surface area contributed by atoms with Crippen LogP contribution in [0.15, 0.2) is 0 Å². The van der Waals surface area contributed by atoms with Gasteiger partial charge in [-0.3, -0.25) is 9.59 Å². The molecular formula is C15H26N6O5. The third-order valence-corrected chi connectivity index (χ3v) is 3.16. The Morgan fingerprint density at radius 2 is 1.88 bits per heavy atom. The fraction of sp³-hybridized carbons (Fsp3) is 0.667. The van der Waals surface area contributed by atoms with Gasteiger partial charge < -0.3 is 32.4 Å². The van der Waals surface area contributed by atoms with E-state index >= 15 is 0 Å². The van der Waals surface area contributed by atoms with Gasteiger partial charge in [0.2, 0.25) is 11.7 Å². The van der Waals surface area contributed by atoms with Crippen LogP contribution in [0.1, 0.15) is 39.5 Å². The molecule has 0 aliphatic heterocycles. The van der Waals surface area contributed by atoms with Gasteiger partial charge in [-0.05, 0) is 33.1 Å². The Morgan fingerprint density at radius 3 is 2.42 bits per heavy atom. The minimum atomic E-state index is -1.06. The van der Waals surface area contributed by atoms with E-state index in [0.29, 0.717) is 12.6 Å². The fourth-order valence-electron chi connectivity index (χ4n) is 1.92. The number of rotatable bonds is 12. The first kappa shape index (κ1) is 23.2. The van der Waals surface area contributed by atoms with E-state index in [4.69, 9.17) is 21.7 Å². The Labute approximate surface area is 151 Å². The largest absolute Gasteiger partial charge is 0.461 e. The predicted molar refractivity (Wildman–Crippen MR) is 91.9 cm³/mol. The van der Waals surface area contributed by atoms with Crippen LogP contribution in [0.4, 0.5) is 4.79 Å². The van der Waals surface area contributed by atoms with Gasteiger partial charge in [0.25, 0.3) is 0 Å². The first-order chi connectivity index (χ1) is 12.2. The number of nitrogens with zero attached hydrogens (tertiary/aromatic N) is 2. The van der Waals surface area contributed by atoms with E-state index in [2.05, 4.69) is 15.4 Å². The van der Waals surface area contributed by atoms with Crippen LogP contribution in [0, 0.1) is 0 Å². The summed E-state index contributed by atoms with van der Waals surface area (Å²) in [5.74, 6) is -1.78. The lowest BCUT2D eigenvalue weighted by atomic mass is 10.1. The number of Topliss-reactive ketones (excluding diaryl/α,β-unsaturated/α-hetero) is 1. The van der Waals surface area contributed by atoms with Crippen molar-refractivity contribution in [3.05, 3.63) is 5.53 Å². The van der Waals surface area contributed by atoms with Crippen molar-refractivity contribution in [2.75, 3.05) is 6.54 Å². The molecule has 26 heavy (non-hydrogen) atoms. The Bertz CT molecular complexity index is 559. The highest BCUT2D eigenvalue weighted by Gasteiger charge is 2.26. The molecule has 146 valence electrons. The molecule has 0 saturated heterocycles. The molecule has 0 aromatic carbocycles. The third-order valence-electron chi connectivity index (χ3n) is 3.16. The number of amides is 3. The van der Waals surface area contributed by atoms with Gasteiger partial charge in [0.05, 0.1) is 12.1 Å². The van der Waals surface area contributed by atoms with Crippen LogP contribution < -0.4 is 22.1 Å². The number of esters is 1. The van der Waals surface area contributed by atoms with Crippen molar-refractivity contribution in [1.82, 2.24) is 10.6 Å². The molecule has 0 radical (unpaired) electrons. The Kier molecular flexibility index (Phi) is 11.2. The molecule has 2 unspecified atom stereocenters. The summed E-state index contributed by atoms with van der Waals surface area (Å²) in [6.45, 7) is 3.57. The molecule has 0 spiro atoms. The van der Waals surface area contributed by atoms with Crippen molar-refractivity contribution in [1.29, 1.82) is 0 Å². The van der Waals surface area contributed by atoms with E-state index in [-0.39, 0.29) is 25.8 Å². The Hall–Kier alpha value is -2.78. The molecule has 11 nitrogen and oxygen atoms in total. The molecule has 0 rings (SSSR count). The highest BCUT2D eigenvalue weighted by molar-refractivity contribution is 6.25. The van der Waals surface area contributed by atoms with Gasteiger partial charge in [-0.25, -0.2) is 9.59 Å². The standard InChI is InChI=1S/C15H26N6O5/c1-9(2)26-14(24)12(6-5-10(22)8-20-18)21-13(23)11(16)4-3-7-19-15(17)25/h8-9,11-12H,3-7,16H2,1-2H3,(H,21,23)(H3,17,19,25). The Balaban J connectivity index is 4.68. The number of hydrogen-bond acceptors (Lipinski definition) is 6. The number of carbonyl (C=O) groups is 4. The molecule has 0 saturated carbocycles. The maximum atomic E-state index is 12.1. The summed E-state index contributed by atoms with van der Waals surface area (Å²) < 4.78 is 5.06. The first-order valence-electron chi connectivity index (χ1n) is 8.17. The average molecular weight is 370 g/mol. The van der Waals surface area contributed by atoms with Gasteiger partial charge >= 0.3 is 18.2 Å². The van der Waals surface area contributed by atoms with Gasteiger partial charge in [0, 0.05) is 13.0 Å². The van der Waals surface area contributed by atoms with Crippen molar-refractivity contribution in [3.63, 3.8) is 0 Å². The number of ketones is 1. The number of urea groups is 1. The minimum absolute atomic E-state index is 0.0297. The monoisotopic (exact) mass is 370 g/mol. The zero-order valence-electron chi connectivity index (χ0n) is 14.9. The van der Waals surface area contributed by atoms with Gasteiger partial charge in [-0.1, -0.05) is 0 Å². The van der Waals surface area contributed by atoms with Crippen LogP contribution in [0.5, 0.6) is 0 Å². The Morgan fingerprint density at radius 1 is 1.23 bits per heavy atom. The summed E-state index contributed by atoms with van der Waals surface area (Å²) in [7, 11) is 0. The summed E-state index contributed by atoms with van der Waals surface area (Å²) in [6, 6.07) is -2.64. The van der Waals surface area contributed by atoms with Crippen molar-refractivity contribution in [2.45, 2.75) is 57.7 Å². The lowest BCUT2D eigenvalue weighted by Gasteiger charge is -2.20. The summed E-state index contributed by atoms with van der Waals surface area (Å²) in [6.07, 6.45) is 0.839. The molecule has 0 aromatic rings. The van der Waals surface area contributed by atoms with Crippen molar-refractivity contribution < 1.29 is 28.7 Å². The van der Waals surface area contributed by atoms with E-state index < -0.39 is 41.9 Å². The second kappa shape index (κ2) is 12.6. The van der Waals surface area contributed by atoms with E-state index in [1.165, 1.54) is 0 Å². The van der Waals surface area contributed by atoms with E-state index in [1.54, 1.807) is 13.8 Å². The zero-order chi connectivity index (χ0) is 20.1. The molecule has 3 amide bonds. The first-order valence-corrected chi connectivity index (χ1v) is 8.17. The van der Waals surface area contributed by atoms with Crippen LogP contribution in [0.25, 0.3) is 5.53 Å². The van der Waals surface area contributed by atoms with Crippen LogP contribution in [-0.2, 0) is 19.1 Å². The smallest absolute Gasteiger partial charge is 0.328 e. The lowest BCUT2D eigenvalue weighted by molar-refractivity contribution is -0.151. The maximum Gasteiger partial charge on any atom is 0.328 e. The van der Waals surface area contributed by atoms with E-state index in [9.17, 15) is 19.2 Å². The van der Waals surface area contributed by atoms with Crippen LogP contribution in [0.2, 0.25) is 0 Å². The summed E-state index contributed by atoms with van der Waals surface area (Å²) >= 11 is 0. The molecule has 0 heterocycles. The van der Waals surface area contributed by atoms with Crippen molar-refractivity contribution >= 4 is 29.9 Å². The molecule has 6 N–H and O–H groups in total. The number of hydrogen-bond donors (Lipinski definition) is 4. The predicted octanol–water partition coefficient (Wildman–Crippen LogP) is -1.15. The number of carbonyl (C=O) groups excluding carboxylic acids is 4. The van der Waals surface area contributed by atoms with E-state index in [0.717, 1.165) is 0 Å². The molecule has 0 aliphatic carbocycles. The molecule has 0 aliphatic rings.